The molecule has 0 radical (unpaired) electrons. The third kappa shape index (κ3) is 4.35. The van der Waals surface area contributed by atoms with Crippen LogP contribution in [-0.4, -0.2) is 23.0 Å². The van der Waals surface area contributed by atoms with Gasteiger partial charge in [-0.25, -0.2) is 4.79 Å². The molecule has 2 rings (SSSR count). The summed E-state index contributed by atoms with van der Waals surface area (Å²) in [7, 11) is 0. The normalized spacial score (nSPS) is 12.7. The van der Waals surface area contributed by atoms with Crippen LogP contribution in [0.5, 0.6) is 0 Å². The van der Waals surface area contributed by atoms with Gasteiger partial charge in [-0.15, -0.1) is 0 Å². The summed E-state index contributed by atoms with van der Waals surface area (Å²) in [6.45, 7) is 4.11. The van der Waals surface area contributed by atoms with Gasteiger partial charge in [0.05, 0.1) is 0 Å². The molecule has 0 aliphatic carbocycles. The van der Waals surface area contributed by atoms with E-state index in [-0.39, 0.29) is 6.04 Å². The highest BCUT2D eigenvalue weighted by molar-refractivity contribution is 5.94. The van der Waals surface area contributed by atoms with E-state index in [1.165, 1.54) is 0 Å². The molecule has 0 saturated heterocycles. The summed E-state index contributed by atoms with van der Waals surface area (Å²) >= 11 is 0. The van der Waals surface area contributed by atoms with Crippen LogP contribution in [0.25, 0.3) is 0 Å². The van der Waals surface area contributed by atoms with Gasteiger partial charge in [0.1, 0.15) is 0 Å². The van der Waals surface area contributed by atoms with Crippen molar-refractivity contribution in [1.82, 2.24) is 5.32 Å². The van der Waals surface area contributed by atoms with Gasteiger partial charge < -0.3 is 10.4 Å². The molecular formula is C21H23NO3. The smallest absolute Gasteiger partial charge is 0.328 e. The van der Waals surface area contributed by atoms with Crippen LogP contribution in [0, 0.1) is 0 Å². The second kappa shape index (κ2) is 8.29. The molecule has 1 unspecified atom stereocenters. The molecule has 0 bridgehead atoms. The summed E-state index contributed by atoms with van der Waals surface area (Å²) in [6, 6.07) is 19.9. The van der Waals surface area contributed by atoms with Gasteiger partial charge in [-0.1, -0.05) is 67.6 Å². The summed E-state index contributed by atoms with van der Waals surface area (Å²) in [6.07, 6.45) is 2.61. The van der Waals surface area contributed by atoms with Crippen molar-refractivity contribution in [3.8, 4) is 0 Å². The van der Waals surface area contributed by atoms with E-state index in [4.69, 9.17) is 5.11 Å². The fraction of sp³-hybridized carbons (Fsp3) is 0.238. The van der Waals surface area contributed by atoms with E-state index in [0.29, 0.717) is 6.42 Å². The first-order valence-electron chi connectivity index (χ1n) is 8.31. The molecule has 0 fully saturated rings. The zero-order valence-corrected chi connectivity index (χ0v) is 14.5. The van der Waals surface area contributed by atoms with Crippen LogP contribution in [0.4, 0.5) is 0 Å². The molecule has 0 heterocycles. The molecule has 2 N–H and O–H groups in total. The van der Waals surface area contributed by atoms with Crippen molar-refractivity contribution >= 4 is 11.9 Å². The lowest BCUT2D eigenvalue weighted by molar-refractivity contribution is -0.131. The summed E-state index contributed by atoms with van der Waals surface area (Å²) in [5.41, 5.74) is 1.75. The minimum Gasteiger partial charge on any atom is -0.478 e. The van der Waals surface area contributed by atoms with E-state index in [1.54, 1.807) is 0 Å². The van der Waals surface area contributed by atoms with Crippen LogP contribution >= 0.6 is 0 Å². The van der Waals surface area contributed by atoms with Gasteiger partial charge in [-0.05, 0) is 24.5 Å². The molecule has 4 heteroatoms. The van der Waals surface area contributed by atoms with Crippen LogP contribution in [0.15, 0.2) is 72.8 Å². The lowest BCUT2D eigenvalue weighted by Gasteiger charge is -2.39. The maximum Gasteiger partial charge on any atom is 0.328 e. The third-order valence-electron chi connectivity index (χ3n) is 4.55. The standard InChI is InChI=1S/C21H23NO3/c1-3-18(22-19(23)14-15-20(24)25)21(2,16-10-6-4-7-11-16)17-12-8-5-9-13-17/h4-15,18H,3H2,1-2H3,(H,22,23)(H,24,25). The van der Waals surface area contributed by atoms with Crippen molar-refractivity contribution in [3.05, 3.63) is 83.9 Å². The fourth-order valence-electron chi connectivity index (χ4n) is 3.16. The minimum absolute atomic E-state index is 0.191. The first kappa shape index (κ1) is 18.5. The van der Waals surface area contributed by atoms with E-state index in [0.717, 1.165) is 23.3 Å². The van der Waals surface area contributed by atoms with Crippen molar-refractivity contribution in [2.75, 3.05) is 0 Å². The van der Waals surface area contributed by atoms with E-state index >= 15 is 0 Å². The van der Waals surface area contributed by atoms with E-state index in [2.05, 4.69) is 36.5 Å². The van der Waals surface area contributed by atoms with Gasteiger partial charge in [0.15, 0.2) is 0 Å². The van der Waals surface area contributed by atoms with Gasteiger partial charge >= 0.3 is 5.97 Å². The van der Waals surface area contributed by atoms with Crippen LogP contribution < -0.4 is 5.32 Å². The van der Waals surface area contributed by atoms with Gasteiger partial charge in [0, 0.05) is 23.6 Å². The molecule has 0 saturated carbocycles. The lowest BCUT2D eigenvalue weighted by atomic mass is 9.69. The van der Waals surface area contributed by atoms with Gasteiger partial charge in [0.2, 0.25) is 5.91 Å². The summed E-state index contributed by atoms with van der Waals surface area (Å²) in [5, 5.41) is 11.7. The molecule has 1 atom stereocenters. The Labute approximate surface area is 148 Å². The largest absolute Gasteiger partial charge is 0.478 e. The Morgan fingerprint density at radius 3 is 1.88 bits per heavy atom. The molecular weight excluding hydrogens is 314 g/mol. The molecule has 0 aliphatic rings. The van der Waals surface area contributed by atoms with Crippen molar-refractivity contribution in [2.45, 2.75) is 31.7 Å². The van der Waals surface area contributed by atoms with E-state index < -0.39 is 17.3 Å². The van der Waals surface area contributed by atoms with Crippen molar-refractivity contribution in [2.24, 2.45) is 0 Å². The molecule has 4 nitrogen and oxygen atoms in total. The third-order valence-corrected chi connectivity index (χ3v) is 4.55. The van der Waals surface area contributed by atoms with Crippen LogP contribution in [0.1, 0.15) is 31.4 Å². The minimum atomic E-state index is -1.14. The first-order chi connectivity index (χ1) is 12.0. The highest BCUT2D eigenvalue weighted by Gasteiger charge is 2.37. The summed E-state index contributed by atoms with van der Waals surface area (Å²) in [4.78, 5) is 22.8. The number of rotatable bonds is 7. The SMILES string of the molecule is CCC(NC(=O)C=CC(=O)O)C(C)(c1ccccc1)c1ccccc1. The number of benzene rings is 2. The number of amides is 1. The molecule has 130 valence electrons. The molecule has 2 aromatic rings. The number of carbonyl (C=O) groups excluding carboxylic acids is 1. The van der Waals surface area contributed by atoms with E-state index in [9.17, 15) is 9.59 Å². The predicted molar refractivity (Wildman–Crippen MR) is 98.3 cm³/mol. The van der Waals surface area contributed by atoms with Gasteiger partial charge in [-0.3, -0.25) is 4.79 Å². The average molecular weight is 337 g/mol. The Hall–Kier alpha value is -2.88. The second-order valence-electron chi connectivity index (χ2n) is 6.08. The number of carboxylic acid groups (broad SMARTS) is 1. The number of hydrogen-bond donors (Lipinski definition) is 2. The highest BCUT2D eigenvalue weighted by atomic mass is 16.4. The first-order valence-corrected chi connectivity index (χ1v) is 8.31. The Morgan fingerprint density at radius 2 is 1.48 bits per heavy atom. The molecule has 0 aromatic heterocycles. The maximum atomic E-state index is 12.2. The molecule has 2 aromatic carbocycles. The number of aliphatic carboxylic acids is 1. The maximum absolute atomic E-state index is 12.2. The van der Waals surface area contributed by atoms with Crippen LogP contribution in [0.2, 0.25) is 0 Å². The topological polar surface area (TPSA) is 66.4 Å². The zero-order valence-electron chi connectivity index (χ0n) is 14.5. The van der Waals surface area contributed by atoms with Crippen molar-refractivity contribution < 1.29 is 14.7 Å². The monoisotopic (exact) mass is 337 g/mol. The summed E-state index contributed by atoms with van der Waals surface area (Å²) in [5.74, 6) is -1.55. The Bertz CT molecular complexity index is 699. The zero-order chi connectivity index (χ0) is 18.3. The highest BCUT2D eigenvalue weighted by Crippen LogP contribution is 2.36. The van der Waals surface area contributed by atoms with Crippen molar-refractivity contribution in [3.63, 3.8) is 0 Å². The number of hydrogen-bond acceptors (Lipinski definition) is 2. The predicted octanol–water partition coefficient (Wildman–Crippen LogP) is 3.53. The van der Waals surface area contributed by atoms with Crippen LogP contribution in [0.3, 0.4) is 0 Å². The van der Waals surface area contributed by atoms with Gasteiger partial charge in [0.25, 0.3) is 0 Å². The fourth-order valence-corrected chi connectivity index (χ4v) is 3.16. The molecule has 0 aliphatic heterocycles. The lowest BCUT2D eigenvalue weighted by Crippen LogP contribution is -2.49. The Morgan fingerprint density at radius 1 is 1.00 bits per heavy atom. The molecule has 25 heavy (non-hydrogen) atoms. The number of nitrogens with one attached hydrogen (secondary N) is 1. The Balaban J connectivity index is 2.43. The van der Waals surface area contributed by atoms with Crippen LogP contribution in [-0.2, 0) is 15.0 Å². The molecule has 1 amide bonds. The molecule has 0 spiro atoms. The number of carbonyl (C=O) groups is 2. The van der Waals surface area contributed by atoms with E-state index in [1.807, 2.05) is 43.3 Å². The van der Waals surface area contributed by atoms with Gasteiger partial charge in [-0.2, -0.15) is 0 Å². The Kier molecular flexibility index (Phi) is 6.12. The van der Waals surface area contributed by atoms with Crippen molar-refractivity contribution in [1.29, 1.82) is 0 Å². The number of carboxylic acids is 1. The average Bonchev–Trinajstić information content (AvgIpc) is 2.65. The summed E-state index contributed by atoms with van der Waals surface area (Å²) < 4.78 is 0. The quantitative estimate of drug-likeness (QED) is 0.760. The second-order valence-corrected chi connectivity index (χ2v) is 6.08.